The van der Waals surface area contributed by atoms with E-state index in [9.17, 15) is 22.8 Å². The Labute approximate surface area is 253 Å². The van der Waals surface area contributed by atoms with Gasteiger partial charge in [0.25, 0.3) is 11.5 Å². The second kappa shape index (κ2) is 12.6. The monoisotopic (exact) mass is 772 g/mol. The molecule has 12 heteroatoms. The highest BCUT2D eigenvalue weighted by molar-refractivity contribution is 14.1. The molecule has 39 heavy (non-hydrogen) atoms. The van der Waals surface area contributed by atoms with E-state index in [4.69, 9.17) is 4.74 Å². The number of anilines is 1. The van der Waals surface area contributed by atoms with E-state index in [0.717, 1.165) is 36.5 Å². The summed E-state index contributed by atoms with van der Waals surface area (Å²) < 4.78 is 47.6. The summed E-state index contributed by atoms with van der Waals surface area (Å²) in [5.41, 5.74) is 0.244. The Kier molecular flexibility index (Phi) is 9.90. The number of halogens is 5. The Morgan fingerprint density at radius 3 is 2.38 bits per heavy atom. The Balaban J connectivity index is 1.67. The number of alkyl halides is 5. The first-order chi connectivity index (χ1) is 18.4. The first-order valence-corrected chi connectivity index (χ1v) is 15.6. The zero-order chi connectivity index (χ0) is 28.4. The van der Waals surface area contributed by atoms with E-state index in [0.29, 0.717) is 42.9 Å². The maximum Gasteiger partial charge on any atom is 0.416 e. The van der Waals surface area contributed by atoms with Crippen molar-refractivity contribution in [2.45, 2.75) is 61.3 Å². The van der Waals surface area contributed by atoms with Gasteiger partial charge in [-0.25, -0.2) is 0 Å². The highest BCUT2D eigenvalue weighted by atomic mass is 127. The fourth-order valence-corrected chi connectivity index (χ4v) is 6.82. The Morgan fingerprint density at radius 2 is 1.77 bits per heavy atom. The zero-order valence-electron chi connectivity index (χ0n) is 21.9. The number of rotatable bonds is 7. The van der Waals surface area contributed by atoms with Crippen LogP contribution in [0.2, 0.25) is 0 Å². The number of likely N-dealkylation sites (tertiary alicyclic amines) is 1. The van der Waals surface area contributed by atoms with Gasteiger partial charge in [-0.3, -0.25) is 14.5 Å². The lowest BCUT2D eigenvalue weighted by atomic mass is 9.97. The van der Waals surface area contributed by atoms with Crippen molar-refractivity contribution in [3.63, 3.8) is 0 Å². The van der Waals surface area contributed by atoms with Gasteiger partial charge in [-0.1, -0.05) is 34.7 Å². The number of benzene rings is 1. The summed E-state index contributed by atoms with van der Waals surface area (Å²) in [5, 5.41) is 6.38. The average Bonchev–Trinajstić information content (AvgIpc) is 2.88. The van der Waals surface area contributed by atoms with Crippen molar-refractivity contribution in [2.24, 2.45) is 0 Å². The van der Waals surface area contributed by atoms with Gasteiger partial charge < -0.3 is 19.9 Å². The van der Waals surface area contributed by atoms with E-state index in [1.165, 1.54) is 19.1 Å². The smallest absolute Gasteiger partial charge is 0.381 e. The summed E-state index contributed by atoms with van der Waals surface area (Å²) in [7, 11) is 0. The van der Waals surface area contributed by atoms with Gasteiger partial charge in [0.05, 0.1) is 21.4 Å². The molecule has 2 aliphatic heterocycles. The molecule has 4 rings (SSSR count). The summed E-state index contributed by atoms with van der Waals surface area (Å²) >= 11 is 4.32. The molecule has 214 valence electrons. The summed E-state index contributed by atoms with van der Waals surface area (Å²) in [5.74, 6) is -0.461. The van der Waals surface area contributed by atoms with Crippen molar-refractivity contribution in [1.29, 1.82) is 0 Å². The van der Waals surface area contributed by atoms with Crippen molar-refractivity contribution in [2.75, 3.05) is 36.2 Å². The third kappa shape index (κ3) is 7.28. The molecule has 1 aromatic heterocycles. The Morgan fingerprint density at radius 1 is 1.13 bits per heavy atom. The second-order valence-corrected chi connectivity index (χ2v) is 13.1. The van der Waals surface area contributed by atoms with Crippen LogP contribution in [-0.2, 0) is 14.5 Å². The molecule has 1 aromatic carbocycles. The minimum atomic E-state index is -4.50. The van der Waals surface area contributed by atoms with Gasteiger partial charge in [0, 0.05) is 50.7 Å². The van der Waals surface area contributed by atoms with Crippen LogP contribution in [0.3, 0.4) is 0 Å². The van der Waals surface area contributed by atoms with Crippen LogP contribution in [0.1, 0.15) is 65.7 Å². The van der Waals surface area contributed by atoms with Gasteiger partial charge in [-0.2, -0.15) is 13.2 Å². The van der Waals surface area contributed by atoms with Gasteiger partial charge in [0.1, 0.15) is 3.55 Å². The van der Waals surface area contributed by atoms with Crippen LogP contribution in [0.25, 0.3) is 0 Å². The number of nitrogens with zero attached hydrogens (tertiary/aromatic N) is 2. The highest BCUT2D eigenvalue weighted by Crippen LogP contribution is 2.38. The van der Waals surface area contributed by atoms with Crippen molar-refractivity contribution in [3.05, 3.63) is 63.1 Å². The van der Waals surface area contributed by atoms with E-state index >= 15 is 0 Å². The molecule has 0 radical (unpaired) electrons. The molecule has 2 saturated heterocycles. The lowest BCUT2D eigenvalue weighted by Crippen LogP contribution is -2.42. The summed E-state index contributed by atoms with van der Waals surface area (Å²) in [6.45, 7) is 6.00. The topological polar surface area (TPSA) is 75.6 Å². The Bertz CT molecular complexity index is 1240. The SMILES string of the molecule is Cc1c(C(F)(F)F)cccc1C(C)(I)NC(=O)c1cn(C2CCOCC2)c(=O)cc1NC1CCN(CI)CC1. The molecule has 0 aliphatic carbocycles. The zero-order valence-corrected chi connectivity index (χ0v) is 26.2. The molecule has 1 amide bonds. The normalized spacial score (nSPS) is 19.5. The van der Waals surface area contributed by atoms with Crippen molar-refractivity contribution >= 4 is 56.8 Å². The number of nitrogens with one attached hydrogen (secondary N) is 2. The number of piperidine rings is 1. The lowest BCUT2D eigenvalue weighted by Gasteiger charge is -2.33. The standard InChI is InChI=1S/C27H33F3I2N4O3/c1-17-21(4-3-5-22(17)27(28,29)30)26(2,32)34-25(38)20-15-36(19-8-12-39-13-9-19)24(37)14-23(20)33-18-6-10-35(16-31)11-7-18/h3-5,14-15,18-19,33H,6-13,16H2,1-2H3,(H,34,38). The van der Waals surface area contributed by atoms with Gasteiger partial charge in [0.15, 0.2) is 0 Å². The van der Waals surface area contributed by atoms with Crippen LogP contribution >= 0.6 is 45.2 Å². The fraction of sp³-hybridized carbons (Fsp3) is 0.556. The van der Waals surface area contributed by atoms with E-state index in [1.807, 2.05) is 22.6 Å². The number of amides is 1. The molecule has 2 aromatic rings. The van der Waals surface area contributed by atoms with Crippen molar-refractivity contribution in [1.82, 2.24) is 14.8 Å². The fourth-order valence-electron chi connectivity index (χ4n) is 5.31. The molecule has 7 nitrogen and oxygen atoms in total. The third-order valence-corrected chi connectivity index (χ3v) is 9.33. The first-order valence-electron chi connectivity index (χ1n) is 13.0. The molecule has 2 N–H and O–H groups in total. The van der Waals surface area contributed by atoms with Gasteiger partial charge in [0.2, 0.25) is 0 Å². The van der Waals surface area contributed by atoms with Crippen LogP contribution in [-0.4, -0.2) is 52.3 Å². The van der Waals surface area contributed by atoms with Gasteiger partial charge in [-0.05, 0) is 79.3 Å². The van der Waals surface area contributed by atoms with E-state index < -0.39 is 21.2 Å². The number of pyridine rings is 1. The summed E-state index contributed by atoms with van der Waals surface area (Å²) in [6, 6.07) is 5.49. The molecule has 2 aliphatic rings. The number of hydrogen-bond acceptors (Lipinski definition) is 5. The number of carbonyl (C=O) groups excluding carboxylic acids is 1. The average molecular weight is 772 g/mol. The molecule has 0 saturated carbocycles. The Hall–Kier alpha value is -1.39. The molecule has 1 unspecified atom stereocenters. The molecule has 1 atom stereocenters. The van der Waals surface area contributed by atoms with Crippen molar-refractivity contribution in [3.8, 4) is 0 Å². The quantitative estimate of drug-likeness (QED) is 0.211. The molecule has 3 heterocycles. The van der Waals surface area contributed by atoms with Crippen LogP contribution in [0, 0.1) is 6.92 Å². The van der Waals surface area contributed by atoms with Crippen molar-refractivity contribution < 1.29 is 22.7 Å². The van der Waals surface area contributed by atoms with Gasteiger partial charge in [-0.15, -0.1) is 0 Å². The largest absolute Gasteiger partial charge is 0.416 e. The molecule has 0 spiro atoms. The van der Waals surface area contributed by atoms with Crippen LogP contribution in [0.4, 0.5) is 18.9 Å². The summed E-state index contributed by atoms with van der Waals surface area (Å²) in [4.78, 5) is 29.3. The van der Waals surface area contributed by atoms with Gasteiger partial charge >= 0.3 is 6.18 Å². The second-order valence-electron chi connectivity index (χ2n) is 10.3. The molecule has 2 fully saturated rings. The highest BCUT2D eigenvalue weighted by Gasteiger charge is 2.36. The lowest BCUT2D eigenvalue weighted by molar-refractivity contribution is -0.138. The van der Waals surface area contributed by atoms with Crippen LogP contribution in [0.15, 0.2) is 35.3 Å². The third-order valence-electron chi connectivity index (χ3n) is 7.52. The number of hydrogen-bond donors (Lipinski definition) is 2. The first kappa shape index (κ1) is 30.6. The van der Waals surface area contributed by atoms with Crippen LogP contribution in [0.5, 0.6) is 0 Å². The minimum Gasteiger partial charge on any atom is -0.381 e. The molecule has 0 bridgehead atoms. The minimum absolute atomic E-state index is 0.0646. The van der Waals surface area contributed by atoms with E-state index in [2.05, 4.69) is 38.1 Å². The number of ether oxygens (including phenoxy) is 1. The molecular formula is C27H33F3I2N4O3. The maximum atomic E-state index is 13.8. The molecular weight excluding hydrogens is 739 g/mol. The number of aromatic nitrogens is 1. The van der Waals surface area contributed by atoms with Crippen LogP contribution < -0.4 is 16.2 Å². The van der Waals surface area contributed by atoms with E-state index in [1.54, 1.807) is 23.8 Å². The summed E-state index contributed by atoms with van der Waals surface area (Å²) in [6.07, 6.45) is 0.175. The maximum absolute atomic E-state index is 13.8. The predicted molar refractivity (Wildman–Crippen MR) is 162 cm³/mol. The predicted octanol–water partition coefficient (Wildman–Crippen LogP) is 5.83. The van der Waals surface area contributed by atoms with E-state index in [-0.39, 0.29) is 23.2 Å². The number of carbonyl (C=O) groups is 1.